The van der Waals surface area contributed by atoms with Crippen molar-refractivity contribution in [3.05, 3.63) is 82.0 Å². The van der Waals surface area contributed by atoms with Crippen LogP contribution in [-0.4, -0.2) is 7.11 Å². The maximum atomic E-state index is 5.89. The Kier molecular flexibility index (Phi) is 6.09. The van der Waals surface area contributed by atoms with Crippen molar-refractivity contribution in [2.24, 2.45) is 0 Å². The molecule has 1 heterocycles. The normalized spacial score (nSPS) is 11.9. The SMILES string of the molecule is COc1cc(CNC(C)c2ccccc2)ccc1OCc1cccs1. The molecule has 1 N–H and O–H groups in total. The van der Waals surface area contributed by atoms with Crippen molar-refractivity contribution in [2.75, 3.05) is 7.11 Å². The molecular formula is C21H23NO2S. The van der Waals surface area contributed by atoms with Crippen LogP contribution < -0.4 is 14.8 Å². The van der Waals surface area contributed by atoms with Crippen LogP contribution in [0, 0.1) is 0 Å². The Hall–Kier alpha value is -2.30. The van der Waals surface area contributed by atoms with Gasteiger partial charge < -0.3 is 14.8 Å². The molecule has 0 saturated heterocycles. The van der Waals surface area contributed by atoms with E-state index in [1.54, 1.807) is 18.4 Å². The minimum atomic E-state index is 0.293. The van der Waals surface area contributed by atoms with E-state index in [1.165, 1.54) is 16.0 Å². The fourth-order valence-corrected chi connectivity index (χ4v) is 3.23. The van der Waals surface area contributed by atoms with Gasteiger partial charge in [0.2, 0.25) is 0 Å². The molecule has 0 aliphatic heterocycles. The van der Waals surface area contributed by atoms with Crippen molar-refractivity contribution in [1.29, 1.82) is 0 Å². The first kappa shape index (κ1) is 17.5. The maximum Gasteiger partial charge on any atom is 0.161 e. The summed E-state index contributed by atoms with van der Waals surface area (Å²) in [5.74, 6) is 1.54. The Balaban J connectivity index is 1.60. The minimum absolute atomic E-state index is 0.293. The monoisotopic (exact) mass is 353 g/mol. The average molecular weight is 353 g/mol. The van der Waals surface area contributed by atoms with Crippen LogP contribution in [-0.2, 0) is 13.2 Å². The van der Waals surface area contributed by atoms with Gasteiger partial charge >= 0.3 is 0 Å². The molecule has 130 valence electrons. The number of nitrogens with one attached hydrogen (secondary N) is 1. The zero-order valence-electron chi connectivity index (χ0n) is 14.6. The van der Waals surface area contributed by atoms with E-state index in [2.05, 4.69) is 54.0 Å². The molecule has 0 spiro atoms. The largest absolute Gasteiger partial charge is 0.493 e. The Morgan fingerprint density at radius 2 is 1.84 bits per heavy atom. The molecule has 0 amide bonds. The first-order valence-corrected chi connectivity index (χ1v) is 9.24. The zero-order valence-corrected chi connectivity index (χ0v) is 15.4. The summed E-state index contributed by atoms with van der Waals surface area (Å²) in [6.45, 7) is 3.51. The highest BCUT2D eigenvalue weighted by Gasteiger charge is 2.08. The standard InChI is InChI=1S/C21H23NO2S/c1-16(18-7-4-3-5-8-18)22-14-17-10-11-20(21(13-17)23-2)24-15-19-9-6-12-25-19/h3-13,16,22H,14-15H2,1-2H3. The van der Waals surface area contributed by atoms with Crippen molar-refractivity contribution in [2.45, 2.75) is 26.1 Å². The number of ether oxygens (including phenoxy) is 2. The van der Waals surface area contributed by atoms with E-state index in [4.69, 9.17) is 9.47 Å². The van der Waals surface area contributed by atoms with E-state index in [0.29, 0.717) is 12.6 Å². The number of methoxy groups -OCH3 is 1. The molecular weight excluding hydrogens is 330 g/mol. The second kappa shape index (κ2) is 8.70. The highest BCUT2D eigenvalue weighted by molar-refractivity contribution is 7.09. The summed E-state index contributed by atoms with van der Waals surface area (Å²) in [7, 11) is 1.68. The Morgan fingerprint density at radius 1 is 1.00 bits per heavy atom. The molecule has 1 atom stereocenters. The van der Waals surface area contributed by atoms with Gasteiger partial charge in [0.25, 0.3) is 0 Å². The van der Waals surface area contributed by atoms with Crippen molar-refractivity contribution in [3.8, 4) is 11.5 Å². The number of benzene rings is 2. The van der Waals surface area contributed by atoms with Gasteiger partial charge in [0, 0.05) is 17.5 Å². The van der Waals surface area contributed by atoms with Gasteiger partial charge in [-0.1, -0.05) is 42.5 Å². The third kappa shape index (κ3) is 4.84. The summed E-state index contributed by atoms with van der Waals surface area (Å²) < 4.78 is 11.4. The summed E-state index contributed by atoms with van der Waals surface area (Å²) in [5.41, 5.74) is 2.45. The zero-order chi connectivity index (χ0) is 17.5. The van der Waals surface area contributed by atoms with Gasteiger partial charge in [0.15, 0.2) is 11.5 Å². The predicted molar refractivity (Wildman–Crippen MR) is 103 cm³/mol. The first-order chi connectivity index (χ1) is 12.3. The van der Waals surface area contributed by atoms with Gasteiger partial charge in [-0.25, -0.2) is 0 Å². The Bertz CT molecular complexity index is 772. The lowest BCUT2D eigenvalue weighted by atomic mass is 10.1. The van der Waals surface area contributed by atoms with Crippen LogP contribution in [0.4, 0.5) is 0 Å². The molecule has 0 aliphatic carbocycles. The molecule has 4 heteroatoms. The molecule has 1 aromatic heterocycles. The molecule has 0 radical (unpaired) electrons. The molecule has 2 aromatic carbocycles. The summed E-state index contributed by atoms with van der Waals surface area (Å²) in [6.07, 6.45) is 0. The fourth-order valence-electron chi connectivity index (χ4n) is 2.62. The van der Waals surface area contributed by atoms with Crippen LogP contribution in [0.3, 0.4) is 0 Å². The van der Waals surface area contributed by atoms with Crippen molar-refractivity contribution >= 4 is 11.3 Å². The van der Waals surface area contributed by atoms with Crippen LogP contribution in [0.5, 0.6) is 11.5 Å². The van der Waals surface area contributed by atoms with Crippen LogP contribution in [0.25, 0.3) is 0 Å². The molecule has 1 unspecified atom stereocenters. The summed E-state index contributed by atoms with van der Waals surface area (Å²) in [4.78, 5) is 1.20. The average Bonchev–Trinajstić information content (AvgIpc) is 3.19. The third-order valence-electron chi connectivity index (χ3n) is 4.09. The number of hydrogen-bond acceptors (Lipinski definition) is 4. The molecule has 3 nitrogen and oxygen atoms in total. The number of rotatable bonds is 8. The second-order valence-electron chi connectivity index (χ2n) is 5.87. The molecule has 0 fully saturated rings. The van der Waals surface area contributed by atoms with E-state index in [0.717, 1.165) is 18.0 Å². The molecule has 3 rings (SSSR count). The van der Waals surface area contributed by atoms with E-state index in [1.807, 2.05) is 24.3 Å². The Morgan fingerprint density at radius 3 is 2.56 bits per heavy atom. The molecule has 0 saturated carbocycles. The van der Waals surface area contributed by atoms with Gasteiger partial charge in [0.1, 0.15) is 6.61 Å². The highest BCUT2D eigenvalue weighted by Crippen LogP contribution is 2.29. The van der Waals surface area contributed by atoms with Gasteiger partial charge in [0.05, 0.1) is 7.11 Å². The highest BCUT2D eigenvalue weighted by atomic mass is 32.1. The predicted octanol–water partition coefficient (Wildman–Crippen LogP) is 5.19. The topological polar surface area (TPSA) is 30.5 Å². The lowest BCUT2D eigenvalue weighted by Gasteiger charge is -2.16. The van der Waals surface area contributed by atoms with E-state index >= 15 is 0 Å². The van der Waals surface area contributed by atoms with Gasteiger partial charge in [-0.2, -0.15) is 0 Å². The number of hydrogen-bond donors (Lipinski definition) is 1. The van der Waals surface area contributed by atoms with Crippen molar-refractivity contribution in [3.63, 3.8) is 0 Å². The lowest BCUT2D eigenvalue weighted by molar-refractivity contribution is 0.287. The third-order valence-corrected chi connectivity index (χ3v) is 4.94. The van der Waals surface area contributed by atoms with E-state index < -0.39 is 0 Å². The quantitative estimate of drug-likeness (QED) is 0.605. The number of thiophene rings is 1. The lowest BCUT2D eigenvalue weighted by Crippen LogP contribution is -2.18. The summed E-state index contributed by atoms with van der Waals surface area (Å²) >= 11 is 1.69. The smallest absolute Gasteiger partial charge is 0.161 e. The second-order valence-corrected chi connectivity index (χ2v) is 6.90. The van der Waals surface area contributed by atoms with Crippen molar-refractivity contribution < 1.29 is 9.47 Å². The first-order valence-electron chi connectivity index (χ1n) is 8.36. The summed E-state index contributed by atoms with van der Waals surface area (Å²) in [5, 5.41) is 5.60. The van der Waals surface area contributed by atoms with Gasteiger partial charge in [-0.3, -0.25) is 0 Å². The fraction of sp³-hybridized carbons (Fsp3) is 0.238. The van der Waals surface area contributed by atoms with Crippen molar-refractivity contribution in [1.82, 2.24) is 5.32 Å². The Labute approximate surface area is 153 Å². The maximum absolute atomic E-state index is 5.89. The molecule has 0 bridgehead atoms. The molecule has 3 aromatic rings. The van der Waals surface area contributed by atoms with Crippen LogP contribution in [0.15, 0.2) is 66.0 Å². The van der Waals surface area contributed by atoms with Crippen LogP contribution in [0.2, 0.25) is 0 Å². The molecule has 25 heavy (non-hydrogen) atoms. The summed E-state index contributed by atoms with van der Waals surface area (Å²) in [6, 6.07) is 20.9. The van der Waals surface area contributed by atoms with E-state index in [-0.39, 0.29) is 0 Å². The van der Waals surface area contributed by atoms with E-state index in [9.17, 15) is 0 Å². The van der Waals surface area contributed by atoms with Gasteiger partial charge in [-0.05, 0) is 41.6 Å². The van der Waals surface area contributed by atoms with Crippen LogP contribution in [0.1, 0.15) is 29.0 Å². The van der Waals surface area contributed by atoms with Crippen LogP contribution >= 0.6 is 11.3 Å². The van der Waals surface area contributed by atoms with Gasteiger partial charge in [-0.15, -0.1) is 11.3 Å². The molecule has 0 aliphatic rings. The minimum Gasteiger partial charge on any atom is -0.493 e.